The van der Waals surface area contributed by atoms with Gasteiger partial charge in [0.15, 0.2) is 11.2 Å². The van der Waals surface area contributed by atoms with Crippen molar-refractivity contribution in [2.45, 2.75) is 24.7 Å². The Morgan fingerprint density at radius 3 is 2.00 bits per heavy atom. The molecule has 0 saturated carbocycles. The molecule has 0 N–H and O–H groups in total. The molecule has 0 spiro atoms. The van der Waals surface area contributed by atoms with Gasteiger partial charge in [-0.3, -0.25) is 9.80 Å². The standard InChI is InChI=1S/C24H16Cl2F3N3O/c1-23(24(27,28)29)21(15-4-3-5-18(14-15)30-2)31(19-10-6-16(25)7-11-19)22(33)32(23)20-12-8-17(26)9-13-20/h3-14,21H,1H3/t21-,23-/m1/s1. The number of hydrogen-bond acceptors (Lipinski definition) is 1. The average Bonchev–Trinajstić information content (AvgIpc) is 3.03. The van der Waals surface area contributed by atoms with Crippen molar-refractivity contribution < 1.29 is 18.0 Å². The monoisotopic (exact) mass is 489 g/mol. The predicted octanol–water partition coefficient (Wildman–Crippen LogP) is 8.05. The van der Waals surface area contributed by atoms with Crippen LogP contribution in [0.25, 0.3) is 4.85 Å². The number of benzene rings is 3. The zero-order chi connectivity index (χ0) is 24.0. The third-order valence-electron chi connectivity index (χ3n) is 5.73. The third-order valence-corrected chi connectivity index (χ3v) is 6.24. The van der Waals surface area contributed by atoms with E-state index < -0.39 is 23.8 Å². The van der Waals surface area contributed by atoms with Gasteiger partial charge in [-0.25, -0.2) is 9.64 Å². The van der Waals surface area contributed by atoms with Crippen LogP contribution in [0.4, 0.5) is 35.0 Å². The van der Waals surface area contributed by atoms with Gasteiger partial charge in [-0.15, -0.1) is 0 Å². The van der Waals surface area contributed by atoms with Crippen molar-refractivity contribution in [2.75, 3.05) is 9.80 Å². The summed E-state index contributed by atoms with van der Waals surface area (Å²) in [6.45, 7) is 8.28. The Morgan fingerprint density at radius 2 is 1.48 bits per heavy atom. The maximum Gasteiger partial charge on any atom is 0.414 e. The highest BCUT2D eigenvalue weighted by atomic mass is 35.5. The molecule has 1 heterocycles. The van der Waals surface area contributed by atoms with E-state index in [1.807, 2.05) is 0 Å². The summed E-state index contributed by atoms with van der Waals surface area (Å²) in [5.74, 6) is 0. The highest BCUT2D eigenvalue weighted by molar-refractivity contribution is 6.31. The lowest BCUT2D eigenvalue weighted by Crippen LogP contribution is -2.57. The largest absolute Gasteiger partial charge is 0.414 e. The van der Waals surface area contributed by atoms with Crippen LogP contribution in [-0.2, 0) is 0 Å². The minimum atomic E-state index is -4.83. The summed E-state index contributed by atoms with van der Waals surface area (Å²) in [5.41, 5.74) is -2.02. The molecule has 1 saturated heterocycles. The van der Waals surface area contributed by atoms with Crippen molar-refractivity contribution in [3.8, 4) is 0 Å². The van der Waals surface area contributed by atoms with E-state index in [2.05, 4.69) is 4.85 Å². The van der Waals surface area contributed by atoms with Gasteiger partial charge < -0.3 is 0 Å². The van der Waals surface area contributed by atoms with Gasteiger partial charge in [0.25, 0.3) is 0 Å². The summed E-state index contributed by atoms with van der Waals surface area (Å²) >= 11 is 11.9. The molecule has 4 rings (SSSR count). The Hall–Kier alpha value is -3.21. The molecule has 3 aromatic carbocycles. The van der Waals surface area contributed by atoms with Crippen molar-refractivity contribution in [3.63, 3.8) is 0 Å². The van der Waals surface area contributed by atoms with Crippen LogP contribution in [0.5, 0.6) is 0 Å². The van der Waals surface area contributed by atoms with Gasteiger partial charge in [0.05, 0.1) is 12.6 Å². The molecule has 33 heavy (non-hydrogen) atoms. The summed E-state index contributed by atoms with van der Waals surface area (Å²) < 4.78 is 44.6. The van der Waals surface area contributed by atoms with Gasteiger partial charge in [-0.2, -0.15) is 13.2 Å². The van der Waals surface area contributed by atoms with Crippen LogP contribution in [0.15, 0.2) is 72.8 Å². The van der Waals surface area contributed by atoms with E-state index in [0.717, 1.165) is 16.7 Å². The highest BCUT2D eigenvalue weighted by Gasteiger charge is 2.69. The molecule has 1 aliphatic rings. The van der Waals surface area contributed by atoms with E-state index in [9.17, 15) is 18.0 Å². The maximum atomic E-state index is 14.9. The van der Waals surface area contributed by atoms with Gasteiger partial charge in [0, 0.05) is 21.4 Å². The summed E-state index contributed by atoms with van der Waals surface area (Å²) in [7, 11) is 0. The Bertz CT molecular complexity index is 1240. The first kappa shape index (κ1) is 23.0. The molecule has 0 aromatic heterocycles. The number of hydrogen-bond donors (Lipinski definition) is 0. The molecule has 1 fully saturated rings. The lowest BCUT2D eigenvalue weighted by molar-refractivity contribution is -0.182. The minimum absolute atomic E-state index is 0.0482. The fraction of sp³-hybridized carbons (Fsp3) is 0.167. The van der Waals surface area contributed by atoms with Crippen molar-refractivity contribution in [2.24, 2.45) is 0 Å². The van der Waals surface area contributed by atoms with Gasteiger partial charge >= 0.3 is 12.2 Å². The van der Waals surface area contributed by atoms with E-state index in [1.54, 1.807) is 0 Å². The quantitative estimate of drug-likeness (QED) is 0.342. The van der Waals surface area contributed by atoms with Crippen molar-refractivity contribution >= 4 is 46.3 Å². The summed E-state index contributed by atoms with van der Waals surface area (Å²) in [6.07, 6.45) is -4.83. The van der Waals surface area contributed by atoms with Crippen LogP contribution in [0.3, 0.4) is 0 Å². The van der Waals surface area contributed by atoms with E-state index in [0.29, 0.717) is 10.0 Å². The second-order valence-electron chi connectivity index (χ2n) is 7.70. The van der Waals surface area contributed by atoms with Crippen LogP contribution in [0.2, 0.25) is 10.0 Å². The summed E-state index contributed by atoms with van der Waals surface area (Å²) in [4.78, 5) is 18.9. The van der Waals surface area contributed by atoms with E-state index in [-0.39, 0.29) is 22.6 Å². The fourth-order valence-electron chi connectivity index (χ4n) is 4.14. The van der Waals surface area contributed by atoms with Crippen LogP contribution in [0, 0.1) is 6.57 Å². The first-order chi connectivity index (χ1) is 15.6. The topological polar surface area (TPSA) is 27.9 Å². The molecule has 3 aromatic rings. The Labute approximate surface area is 198 Å². The Morgan fingerprint density at radius 1 is 0.939 bits per heavy atom. The number of rotatable bonds is 3. The van der Waals surface area contributed by atoms with E-state index >= 15 is 0 Å². The second kappa shape index (κ2) is 8.29. The Balaban J connectivity index is 2.02. The van der Waals surface area contributed by atoms with Crippen LogP contribution in [-0.4, -0.2) is 17.7 Å². The first-order valence-corrected chi connectivity index (χ1v) is 10.5. The summed E-state index contributed by atoms with van der Waals surface area (Å²) in [6, 6.07) is 15.2. The number of anilines is 2. The molecular formula is C24H16Cl2F3N3O. The number of carbonyl (C=O) groups excluding carboxylic acids is 1. The maximum absolute atomic E-state index is 14.9. The van der Waals surface area contributed by atoms with Gasteiger partial charge in [-0.05, 0) is 61.0 Å². The van der Waals surface area contributed by atoms with Gasteiger partial charge in [0.2, 0.25) is 0 Å². The lowest BCUT2D eigenvalue weighted by atomic mass is 9.85. The SMILES string of the molecule is [C-]#[N+]c1cccc([C@H]2N(c3ccc(Cl)cc3)C(=O)N(c3ccc(Cl)cc3)[C@@]2(C)C(F)(F)F)c1. The molecule has 2 atom stereocenters. The molecule has 0 unspecified atom stereocenters. The van der Waals surface area contributed by atoms with E-state index in [4.69, 9.17) is 29.8 Å². The predicted molar refractivity (Wildman–Crippen MR) is 123 cm³/mol. The number of halogens is 5. The Kier molecular flexibility index (Phi) is 5.77. The summed E-state index contributed by atoms with van der Waals surface area (Å²) in [5, 5.41) is 0.708. The zero-order valence-corrected chi connectivity index (χ0v) is 18.7. The van der Waals surface area contributed by atoms with Crippen LogP contribution >= 0.6 is 23.2 Å². The fourth-order valence-corrected chi connectivity index (χ4v) is 4.39. The molecule has 9 heteroatoms. The van der Waals surface area contributed by atoms with Crippen molar-refractivity contribution in [3.05, 3.63) is 99.8 Å². The number of urea groups is 1. The molecule has 0 bridgehead atoms. The lowest BCUT2D eigenvalue weighted by Gasteiger charge is -2.40. The molecule has 4 nitrogen and oxygen atoms in total. The molecule has 168 valence electrons. The number of nitrogens with zero attached hydrogens (tertiary/aromatic N) is 3. The first-order valence-electron chi connectivity index (χ1n) is 9.76. The zero-order valence-electron chi connectivity index (χ0n) is 17.1. The smallest absolute Gasteiger partial charge is 0.284 e. The van der Waals surface area contributed by atoms with Crippen molar-refractivity contribution in [1.29, 1.82) is 0 Å². The van der Waals surface area contributed by atoms with Crippen LogP contribution in [0.1, 0.15) is 18.5 Å². The average molecular weight is 490 g/mol. The van der Waals surface area contributed by atoms with Gasteiger partial charge in [-0.1, -0.05) is 47.5 Å². The third kappa shape index (κ3) is 3.79. The molecule has 0 aliphatic carbocycles. The number of amides is 2. The van der Waals surface area contributed by atoms with Crippen LogP contribution < -0.4 is 9.80 Å². The van der Waals surface area contributed by atoms with Crippen molar-refractivity contribution in [1.82, 2.24) is 0 Å². The second-order valence-corrected chi connectivity index (χ2v) is 8.57. The minimum Gasteiger partial charge on any atom is -0.284 e. The highest BCUT2D eigenvalue weighted by Crippen LogP contribution is 2.55. The molecule has 0 radical (unpaired) electrons. The molecule has 1 aliphatic heterocycles. The van der Waals surface area contributed by atoms with E-state index in [1.165, 1.54) is 72.8 Å². The number of carbonyl (C=O) groups is 1. The molecule has 2 amide bonds. The molecular weight excluding hydrogens is 474 g/mol. The number of alkyl halides is 3. The normalized spacial score (nSPS) is 20.8. The van der Waals surface area contributed by atoms with Gasteiger partial charge in [0.1, 0.15) is 0 Å².